The highest BCUT2D eigenvalue weighted by Gasteiger charge is 2.34. The van der Waals surface area contributed by atoms with Gasteiger partial charge in [-0.15, -0.1) is 0 Å². The van der Waals surface area contributed by atoms with Crippen molar-refractivity contribution < 1.29 is 27.2 Å². The van der Waals surface area contributed by atoms with Crippen LogP contribution in [0.15, 0.2) is 48.5 Å². The molecule has 0 saturated carbocycles. The molecular weight excluding hydrogens is 352 g/mol. The summed E-state index contributed by atoms with van der Waals surface area (Å²) in [5, 5.41) is 2.33. The van der Waals surface area contributed by atoms with Gasteiger partial charge in [0.15, 0.2) is 0 Å². The largest absolute Gasteiger partial charge is 0.416 e. The number of hydrogen-bond donors (Lipinski definition) is 2. The number of primary amides is 1. The van der Waals surface area contributed by atoms with Crippen molar-refractivity contribution in [3.8, 4) is 0 Å². The Bertz CT molecular complexity index is 789. The average Bonchev–Trinajstić information content (AvgIpc) is 2.56. The highest BCUT2D eigenvalue weighted by molar-refractivity contribution is 5.87. The van der Waals surface area contributed by atoms with Crippen LogP contribution in [0.2, 0.25) is 0 Å². The second-order valence-electron chi connectivity index (χ2n) is 5.68. The molecular formula is C18H16F4N2O2. The van der Waals surface area contributed by atoms with Gasteiger partial charge >= 0.3 is 6.18 Å². The lowest BCUT2D eigenvalue weighted by Gasteiger charge is -2.18. The first-order chi connectivity index (χ1) is 12.2. The summed E-state index contributed by atoms with van der Waals surface area (Å²) < 4.78 is 52.0. The van der Waals surface area contributed by atoms with Crippen LogP contribution in [-0.2, 0) is 28.6 Å². The maximum Gasteiger partial charge on any atom is 0.416 e. The molecule has 3 N–H and O–H groups in total. The van der Waals surface area contributed by atoms with E-state index in [1.54, 1.807) is 0 Å². The minimum absolute atomic E-state index is 0.147. The number of amides is 2. The van der Waals surface area contributed by atoms with Gasteiger partial charge in [0.05, 0.1) is 12.0 Å². The number of carbonyl (C=O) groups excluding carboxylic acids is 2. The number of rotatable bonds is 6. The van der Waals surface area contributed by atoms with E-state index in [1.807, 2.05) is 0 Å². The number of hydrogen-bond acceptors (Lipinski definition) is 2. The number of carbonyl (C=O) groups is 2. The van der Waals surface area contributed by atoms with Crippen LogP contribution in [0.4, 0.5) is 17.6 Å². The first kappa shape index (κ1) is 19.4. The van der Waals surface area contributed by atoms with Gasteiger partial charge in [0.25, 0.3) is 0 Å². The van der Waals surface area contributed by atoms with Crippen LogP contribution < -0.4 is 11.1 Å². The molecule has 2 amide bonds. The number of benzene rings is 2. The molecule has 0 unspecified atom stereocenters. The molecule has 138 valence electrons. The lowest BCUT2D eigenvalue weighted by molar-refractivity contribution is -0.138. The third-order valence-corrected chi connectivity index (χ3v) is 3.70. The SMILES string of the molecule is NC(=O)[C@@H](Cc1ccccc1C(F)(F)F)NC(=O)Cc1ccc(F)cc1. The van der Waals surface area contributed by atoms with E-state index in [9.17, 15) is 27.2 Å². The fourth-order valence-corrected chi connectivity index (χ4v) is 2.45. The predicted molar refractivity (Wildman–Crippen MR) is 86.4 cm³/mol. The van der Waals surface area contributed by atoms with E-state index in [1.165, 1.54) is 42.5 Å². The smallest absolute Gasteiger partial charge is 0.368 e. The van der Waals surface area contributed by atoms with Gasteiger partial charge in [-0.25, -0.2) is 4.39 Å². The van der Waals surface area contributed by atoms with Gasteiger partial charge in [0, 0.05) is 6.42 Å². The van der Waals surface area contributed by atoms with Gasteiger partial charge in [-0.05, 0) is 29.3 Å². The summed E-state index contributed by atoms with van der Waals surface area (Å²) in [6.45, 7) is 0. The van der Waals surface area contributed by atoms with Gasteiger partial charge in [0.2, 0.25) is 11.8 Å². The molecule has 0 aliphatic carbocycles. The molecule has 2 aromatic carbocycles. The van der Waals surface area contributed by atoms with E-state index in [0.717, 1.165) is 6.07 Å². The molecule has 4 nitrogen and oxygen atoms in total. The first-order valence-electron chi connectivity index (χ1n) is 7.65. The number of nitrogens with one attached hydrogen (secondary N) is 1. The molecule has 8 heteroatoms. The molecule has 2 rings (SSSR count). The Hall–Kier alpha value is -2.90. The summed E-state index contributed by atoms with van der Waals surface area (Å²) in [6, 6.07) is 8.61. The summed E-state index contributed by atoms with van der Waals surface area (Å²) >= 11 is 0. The molecule has 0 aromatic heterocycles. The minimum Gasteiger partial charge on any atom is -0.368 e. The zero-order chi connectivity index (χ0) is 19.3. The highest BCUT2D eigenvalue weighted by atomic mass is 19.4. The fourth-order valence-electron chi connectivity index (χ4n) is 2.45. The molecule has 0 saturated heterocycles. The van der Waals surface area contributed by atoms with E-state index >= 15 is 0 Å². The lowest BCUT2D eigenvalue weighted by Crippen LogP contribution is -2.46. The van der Waals surface area contributed by atoms with Crippen molar-refractivity contribution in [2.75, 3.05) is 0 Å². The molecule has 0 aliphatic heterocycles. The monoisotopic (exact) mass is 368 g/mol. The molecule has 26 heavy (non-hydrogen) atoms. The third-order valence-electron chi connectivity index (χ3n) is 3.70. The summed E-state index contributed by atoms with van der Waals surface area (Å²) in [6.07, 6.45) is -5.14. The molecule has 0 heterocycles. The summed E-state index contributed by atoms with van der Waals surface area (Å²) in [4.78, 5) is 23.6. The Kier molecular flexibility index (Phi) is 5.97. The first-order valence-corrected chi connectivity index (χ1v) is 7.65. The van der Waals surface area contributed by atoms with Crippen molar-refractivity contribution in [2.24, 2.45) is 5.73 Å². The van der Waals surface area contributed by atoms with E-state index in [-0.39, 0.29) is 18.4 Å². The molecule has 0 radical (unpaired) electrons. The van der Waals surface area contributed by atoms with Crippen LogP contribution in [0.3, 0.4) is 0 Å². The van der Waals surface area contributed by atoms with Crippen molar-refractivity contribution in [3.63, 3.8) is 0 Å². The van der Waals surface area contributed by atoms with E-state index in [4.69, 9.17) is 5.73 Å². The van der Waals surface area contributed by atoms with Gasteiger partial charge in [0.1, 0.15) is 11.9 Å². The standard InChI is InChI=1S/C18H16F4N2O2/c19-13-7-5-11(6-8-13)9-16(25)24-15(17(23)26)10-12-3-1-2-4-14(12)18(20,21)22/h1-8,15H,9-10H2,(H2,23,26)(H,24,25)/t15-/m1/s1. The van der Waals surface area contributed by atoms with Crippen LogP contribution in [0.5, 0.6) is 0 Å². The Balaban J connectivity index is 2.11. The average molecular weight is 368 g/mol. The Labute approximate surface area is 147 Å². The zero-order valence-electron chi connectivity index (χ0n) is 13.5. The maximum absolute atomic E-state index is 13.0. The van der Waals surface area contributed by atoms with Gasteiger partial charge in [-0.2, -0.15) is 13.2 Å². The molecule has 0 bridgehead atoms. The van der Waals surface area contributed by atoms with Crippen molar-refractivity contribution in [1.82, 2.24) is 5.32 Å². The van der Waals surface area contributed by atoms with E-state index < -0.39 is 35.4 Å². The fraction of sp³-hybridized carbons (Fsp3) is 0.222. The second kappa shape index (κ2) is 7.99. The predicted octanol–water partition coefficient (Wildman–Crippen LogP) is 2.60. The number of halogens is 4. The Morgan fingerprint density at radius 3 is 2.23 bits per heavy atom. The Morgan fingerprint density at radius 1 is 1.04 bits per heavy atom. The van der Waals surface area contributed by atoms with Crippen LogP contribution in [0.1, 0.15) is 16.7 Å². The topological polar surface area (TPSA) is 72.2 Å². The maximum atomic E-state index is 13.0. The van der Waals surface area contributed by atoms with E-state index in [0.29, 0.717) is 5.56 Å². The lowest BCUT2D eigenvalue weighted by atomic mass is 9.99. The second-order valence-corrected chi connectivity index (χ2v) is 5.68. The number of nitrogens with two attached hydrogens (primary N) is 1. The molecule has 1 atom stereocenters. The molecule has 0 aliphatic rings. The summed E-state index contributed by atoms with van der Waals surface area (Å²) in [5.74, 6) is -2.02. The highest BCUT2D eigenvalue weighted by Crippen LogP contribution is 2.32. The number of alkyl halides is 3. The third kappa shape index (κ3) is 5.30. The molecule has 0 spiro atoms. The van der Waals surface area contributed by atoms with Crippen LogP contribution in [0, 0.1) is 5.82 Å². The van der Waals surface area contributed by atoms with Crippen LogP contribution in [0.25, 0.3) is 0 Å². The van der Waals surface area contributed by atoms with E-state index in [2.05, 4.69) is 5.32 Å². The minimum atomic E-state index is -4.59. The van der Waals surface area contributed by atoms with Crippen molar-refractivity contribution >= 4 is 11.8 Å². The van der Waals surface area contributed by atoms with Crippen LogP contribution in [-0.4, -0.2) is 17.9 Å². The summed E-state index contributed by atoms with van der Waals surface area (Å²) in [7, 11) is 0. The normalized spacial score (nSPS) is 12.5. The van der Waals surface area contributed by atoms with Gasteiger partial charge in [-0.1, -0.05) is 30.3 Å². The van der Waals surface area contributed by atoms with Gasteiger partial charge < -0.3 is 11.1 Å². The van der Waals surface area contributed by atoms with Crippen LogP contribution >= 0.6 is 0 Å². The quantitative estimate of drug-likeness (QED) is 0.770. The summed E-state index contributed by atoms with van der Waals surface area (Å²) in [5.41, 5.74) is 4.67. The molecule has 2 aromatic rings. The van der Waals surface area contributed by atoms with Crippen molar-refractivity contribution in [2.45, 2.75) is 25.1 Å². The zero-order valence-corrected chi connectivity index (χ0v) is 13.5. The van der Waals surface area contributed by atoms with Crippen molar-refractivity contribution in [1.29, 1.82) is 0 Å². The molecule has 0 fully saturated rings. The van der Waals surface area contributed by atoms with Crippen molar-refractivity contribution in [3.05, 3.63) is 71.0 Å². The van der Waals surface area contributed by atoms with Gasteiger partial charge in [-0.3, -0.25) is 9.59 Å². The Morgan fingerprint density at radius 2 is 1.65 bits per heavy atom.